The normalized spacial score (nSPS) is 19.4. The number of aliphatic hydroxyl groups excluding tert-OH is 1. The summed E-state index contributed by atoms with van der Waals surface area (Å²) in [4.78, 5) is 116. The molecule has 1 aliphatic carbocycles. The van der Waals surface area contributed by atoms with Crippen molar-refractivity contribution in [1.82, 2.24) is 31.1 Å². The molecule has 0 radical (unpaired) electrons. The quantitative estimate of drug-likeness (QED) is 0.0424. The molecule has 4 rings (SSSR count). The molecule has 1 aromatic carbocycles. The van der Waals surface area contributed by atoms with Crippen molar-refractivity contribution in [2.45, 2.75) is 147 Å². The first-order chi connectivity index (χ1) is 30.2. The highest BCUT2D eigenvalue weighted by Gasteiger charge is 2.45. The van der Waals surface area contributed by atoms with Gasteiger partial charge in [0.2, 0.25) is 47.3 Å². The number of guanidine groups is 1. The largest absolute Gasteiger partial charge is 0.394 e. The van der Waals surface area contributed by atoms with Crippen LogP contribution in [0, 0.1) is 11.8 Å². The Morgan fingerprint density at radius 3 is 2.12 bits per heavy atom. The van der Waals surface area contributed by atoms with E-state index >= 15 is 0 Å². The Morgan fingerprint density at radius 2 is 1.52 bits per heavy atom. The number of aryl methyl sites for hydroxylation is 1. The van der Waals surface area contributed by atoms with Crippen LogP contribution in [0.25, 0.3) is 0 Å². The maximum atomic E-state index is 14.5. The van der Waals surface area contributed by atoms with Gasteiger partial charge in [0.15, 0.2) is 5.96 Å². The SMILES string of the molecule is CC(=O)N[C@@H](CC1CCCCC1)C(=O)N[C@@H](CCCN=C(N)N)C(=O)N(C)[C@@H](C)C(=O)N[C@H]1CCc2cccc3c2N(C1=O)[C@H](C(=O)N[C@@H](CO)C(=O)N(C)[C@@H](CC(C)C)C(N)=O)C3. The molecule has 0 aromatic heterocycles. The summed E-state index contributed by atoms with van der Waals surface area (Å²) in [6.45, 7) is 5.92. The molecule has 3 aliphatic rings. The minimum atomic E-state index is -1.45. The molecule has 0 spiro atoms. The number of nitrogens with zero attached hydrogens (tertiary/aromatic N) is 4. The molecular weight excluding hydrogens is 827 g/mol. The van der Waals surface area contributed by atoms with E-state index < -0.39 is 90.3 Å². The molecular formula is C44H69N11O9. The van der Waals surface area contributed by atoms with Gasteiger partial charge in [0.05, 0.1) is 12.3 Å². The number of hydrogen-bond donors (Lipinski definition) is 8. The number of aliphatic hydroxyl groups is 1. The van der Waals surface area contributed by atoms with Crippen molar-refractivity contribution in [2.24, 2.45) is 34.0 Å². The summed E-state index contributed by atoms with van der Waals surface area (Å²) < 4.78 is 0. The van der Waals surface area contributed by atoms with E-state index in [-0.39, 0.29) is 55.9 Å². The number of likely N-dealkylation sites (N-methyl/N-ethyl adjacent to an activating group) is 2. The van der Waals surface area contributed by atoms with E-state index in [1.807, 2.05) is 26.0 Å². The highest BCUT2D eigenvalue weighted by atomic mass is 16.3. The van der Waals surface area contributed by atoms with Gasteiger partial charge in [0, 0.05) is 34.0 Å². The van der Waals surface area contributed by atoms with Crippen molar-refractivity contribution >= 4 is 58.9 Å². The Balaban J connectivity index is 1.51. The molecule has 8 amide bonds. The van der Waals surface area contributed by atoms with Gasteiger partial charge in [-0.25, -0.2) is 0 Å². The smallest absolute Gasteiger partial charge is 0.250 e. The summed E-state index contributed by atoms with van der Waals surface area (Å²) in [5.41, 5.74) is 18.6. The Morgan fingerprint density at radius 1 is 0.859 bits per heavy atom. The lowest BCUT2D eigenvalue weighted by Crippen LogP contribution is -2.60. The topological polar surface area (TPSA) is 305 Å². The first kappa shape index (κ1) is 50.9. The number of nitrogens with one attached hydrogen (secondary N) is 4. The van der Waals surface area contributed by atoms with E-state index in [2.05, 4.69) is 26.3 Å². The zero-order chi connectivity index (χ0) is 47.4. The molecule has 1 saturated carbocycles. The fourth-order valence-electron chi connectivity index (χ4n) is 8.91. The molecule has 2 aliphatic heterocycles. The Kier molecular flexibility index (Phi) is 18.5. The summed E-state index contributed by atoms with van der Waals surface area (Å²) in [7, 11) is 2.79. The molecule has 64 heavy (non-hydrogen) atoms. The molecule has 20 heteroatoms. The third-order valence-electron chi connectivity index (χ3n) is 12.5. The van der Waals surface area contributed by atoms with Gasteiger partial charge < -0.3 is 53.4 Å². The van der Waals surface area contributed by atoms with E-state index in [9.17, 15) is 43.5 Å². The van der Waals surface area contributed by atoms with E-state index in [4.69, 9.17) is 17.2 Å². The minimum absolute atomic E-state index is 0.00985. The van der Waals surface area contributed by atoms with Gasteiger partial charge in [-0.3, -0.25) is 48.2 Å². The van der Waals surface area contributed by atoms with Crippen LogP contribution in [0.4, 0.5) is 5.69 Å². The van der Waals surface area contributed by atoms with Gasteiger partial charge in [0.1, 0.15) is 42.3 Å². The van der Waals surface area contributed by atoms with Crippen LogP contribution in [0.1, 0.15) is 103 Å². The number of amides is 8. The van der Waals surface area contributed by atoms with Gasteiger partial charge in [0.25, 0.3) is 0 Å². The number of nitrogens with two attached hydrogens (primary N) is 3. The molecule has 0 bridgehead atoms. The van der Waals surface area contributed by atoms with Gasteiger partial charge in [-0.1, -0.05) is 64.2 Å². The fraction of sp³-hybridized carbons (Fsp3) is 0.659. The molecule has 0 unspecified atom stereocenters. The molecule has 1 aromatic rings. The maximum absolute atomic E-state index is 14.5. The Hall–Kier alpha value is -5.79. The van der Waals surface area contributed by atoms with E-state index in [0.29, 0.717) is 30.5 Å². The predicted molar refractivity (Wildman–Crippen MR) is 239 cm³/mol. The van der Waals surface area contributed by atoms with E-state index in [0.717, 1.165) is 42.6 Å². The van der Waals surface area contributed by atoms with Crippen molar-refractivity contribution in [3.05, 3.63) is 29.3 Å². The highest BCUT2D eigenvalue weighted by molar-refractivity contribution is 6.08. The number of primary amides is 1. The summed E-state index contributed by atoms with van der Waals surface area (Å²) >= 11 is 0. The number of carbonyl (C=O) groups is 8. The monoisotopic (exact) mass is 896 g/mol. The van der Waals surface area contributed by atoms with Crippen molar-refractivity contribution in [1.29, 1.82) is 0 Å². The van der Waals surface area contributed by atoms with Crippen LogP contribution in [-0.4, -0.2) is 138 Å². The van der Waals surface area contributed by atoms with Crippen molar-refractivity contribution in [3.8, 4) is 0 Å². The minimum Gasteiger partial charge on any atom is -0.394 e. The van der Waals surface area contributed by atoms with Crippen LogP contribution < -0.4 is 43.4 Å². The second kappa shape index (κ2) is 23.2. The lowest BCUT2D eigenvalue weighted by Gasteiger charge is -2.33. The third-order valence-corrected chi connectivity index (χ3v) is 12.5. The van der Waals surface area contributed by atoms with Crippen LogP contribution in [-0.2, 0) is 51.2 Å². The summed E-state index contributed by atoms with van der Waals surface area (Å²) in [5, 5.41) is 21.2. The molecule has 1 fully saturated rings. The lowest BCUT2D eigenvalue weighted by molar-refractivity contribution is -0.142. The average molecular weight is 896 g/mol. The third kappa shape index (κ3) is 13.1. The Labute approximate surface area is 375 Å². The number of para-hydroxylation sites is 1. The Bertz CT molecular complexity index is 1920. The number of carbonyl (C=O) groups excluding carboxylic acids is 8. The van der Waals surface area contributed by atoms with E-state index in [1.54, 1.807) is 6.07 Å². The van der Waals surface area contributed by atoms with Crippen LogP contribution in [0.15, 0.2) is 23.2 Å². The zero-order valence-corrected chi connectivity index (χ0v) is 38.1. The number of rotatable bonds is 21. The summed E-state index contributed by atoms with van der Waals surface area (Å²) in [5.74, 6) is -4.84. The number of aliphatic imine (C=N–C) groups is 1. The first-order valence-corrected chi connectivity index (χ1v) is 22.4. The number of hydrogen-bond acceptors (Lipinski definition) is 10. The van der Waals surface area contributed by atoms with Crippen LogP contribution in [0.3, 0.4) is 0 Å². The van der Waals surface area contributed by atoms with Crippen molar-refractivity contribution < 1.29 is 43.5 Å². The molecule has 354 valence electrons. The average Bonchev–Trinajstić information content (AvgIpc) is 3.59. The number of anilines is 1. The van der Waals surface area contributed by atoms with Gasteiger partial charge in [-0.05, 0) is 68.4 Å². The predicted octanol–water partition coefficient (Wildman–Crippen LogP) is -0.929. The molecule has 0 saturated heterocycles. The summed E-state index contributed by atoms with van der Waals surface area (Å²) in [6, 6.07) is -2.41. The highest BCUT2D eigenvalue weighted by Crippen LogP contribution is 2.39. The van der Waals surface area contributed by atoms with Gasteiger partial charge >= 0.3 is 0 Å². The first-order valence-electron chi connectivity index (χ1n) is 22.4. The van der Waals surface area contributed by atoms with Crippen LogP contribution >= 0.6 is 0 Å². The van der Waals surface area contributed by atoms with Gasteiger partial charge in [-0.15, -0.1) is 0 Å². The second-order valence-corrected chi connectivity index (χ2v) is 17.8. The molecule has 2 heterocycles. The zero-order valence-electron chi connectivity index (χ0n) is 38.1. The lowest BCUT2D eigenvalue weighted by atomic mass is 9.84. The summed E-state index contributed by atoms with van der Waals surface area (Å²) in [6.07, 6.45) is 6.77. The molecule has 11 N–H and O–H groups in total. The van der Waals surface area contributed by atoms with Crippen LogP contribution in [0.2, 0.25) is 0 Å². The molecule has 20 nitrogen and oxygen atoms in total. The standard InChI is InChI=1S/C44H69N11O9/c1-24(2)20-34(37(45)58)54(6)42(63)33(23-56)52-40(61)35-22-29-15-10-14-28-17-18-31(43(64)55(35)36(28)29)50-38(59)25(3)53(5)41(62)30(16-11-19-48-44(46)47)51-39(60)32(49-26(4)57)21-27-12-8-7-9-13-27/h10,14-15,24-25,27,30-35,56H,7-9,11-13,16-23H2,1-6H3,(H2,45,58)(H,49,57)(H,50,59)(H,51,60)(H,52,61)(H4,46,47,48)/t25-,30-,31-,32-,33-,34-,35-/m0/s1. The van der Waals surface area contributed by atoms with Crippen molar-refractivity contribution in [2.75, 3.05) is 32.1 Å². The number of benzene rings is 1. The van der Waals surface area contributed by atoms with Crippen LogP contribution in [0.5, 0.6) is 0 Å². The maximum Gasteiger partial charge on any atom is 0.250 e. The molecule has 7 atom stereocenters. The second-order valence-electron chi connectivity index (χ2n) is 17.8. The van der Waals surface area contributed by atoms with Gasteiger partial charge in [-0.2, -0.15) is 0 Å². The van der Waals surface area contributed by atoms with Crippen molar-refractivity contribution in [3.63, 3.8) is 0 Å². The van der Waals surface area contributed by atoms with E-state index in [1.165, 1.54) is 37.7 Å². The fourth-order valence-corrected chi connectivity index (χ4v) is 8.91.